The number of hydrogen-bond donors (Lipinski definition) is 1. The standard InChI is InChI=1S/C18H19BrN2O2/c1-21(2)18(23)14-7-9-16(10-8-14)20-17(22)11-6-13-4-3-5-15(19)12-13/h3-5,7-10,12H,6,11H2,1-2H3,(H,20,22). The first-order chi connectivity index (χ1) is 11.0. The summed E-state index contributed by atoms with van der Waals surface area (Å²) in [7, 11) is 3.42. The molecule has 0 atom stereocenters. The van der Waals surface area contributed by atoms with E-state index in [1.54, 1.807) is 38.4 Å². The summed E-state index contributed by atoms with van der Waals surface area (Å²) < 4.78 is 1.01. The van der Waals surface area contributed by atoms with Gasteiger partial charge in [0.05, 0.1) is 0 Å². The van der Waals surface area contributed by atoms with Crippen LogP contribution in [0.2, 0.25) is 0 Å². The van der Waals surface area contributed by atoms with Crippen LogP contribution < -0.4 is 5.32 Å². The lowest BCUT2D eigenvalue weighted by Gasteiger charge is -2.11. The molecule has 2 amide bonds. The van der Waals surface area contributed by atoms with Crippen molar-refractivity contribution in [2.45, 2.75) is 12.8 Å². The molecule has 2 aromatic carbocycles. The zero-order valence-corrected chi connectivity index (χ0v) is 14.8. The Morgan fingerprint density at radius 1 is 1.09 bits per heavy atom. The van der Waals surface area contributed by atoms with Crippen molar-refractivity contribution >= 4 is 33.4 Å². The summed E-state index contributed by atoms with van der Waals surface area (Å²) in [6.07, 6.45) is 1.09. The molecule has 5 heteroatoms. The van der Waals surface area contributed by atoms with Crippen LogP contribution in [0.1, 0.15) is 22.3 Å². The molecule has 0 radical (unpaired) electrons. The number of benzene rings is 2. The molecule has 4 nitrogen and oxygen atoms in total. The lowest BCUT2D eigenvalue weighted by Crippen LogP contribution is -2.21. The van der Waals surface area contributed by atoms with Gasteiger partial charge in [-0.05, 0) is 48.4 Å². The van der Waals surface area contributed by atoms with Gasteiger partial charge in [-0.2, -0.15) is 0 Å². The summed E-state index contributed by atoms with van der Waals surface area (Å²) in [5, 5.41) is 2.85. The number of nitrogens with zero attached hydrogens (tertiary/aromatic N) is 1. The van der Waals surface area contributed by atoms with Crippen LogP contribution in [-0.2, 0) is 11.2 Å². The van der Waals surface area contributed by atoms with Crippen LogP contribution >= 0.6 is 15.9 Å². The number of nitrogens with one attached hydrogen (secondary N) is 1. The van der Waals surface area contributed by atoms with Crippen molar-refractivity contribution in [3.05, 3.63) is 64.1 Å². The molecule has 0 fully saturated rings. The van der Waals surface area contributed by atoms with Crippen LogP contribution in [0.5, 0.6) is 0 Å². The van der Waals surface area contributed by atoms with E-state index in [1.807, 2.05) is 24.3 Å². The fraction of sp³-hybridized carbons (Fsp3) is 0.222. The molecule has 0 aliphatic rings. The quantitative estimate of drug-likeness (QED) is 0.866. The van der Waals surface area contributed by atoms with Crippen LogP contribution in [0, 0.1) is 0 Å². The van der Waals surface area contributed by atoms with Crippen molar-refractivity contribution in [2.75, 3.05) is 19.4 Å². The number of hydrogen-bond acceptors (Lipinski definition) is 2. The first-order valence-corrected chi connectivity index (χ1v) is 8.11. The fourth-order valence-corrected chi connectivity index (χ4v) is 2.57. The predicted molar refractivity (Wildman–Crippen MR) is 95.6 cm³/mol. The summed E-state index contributed by atoms with van der Waals surface area (Å²) >= 11 is 3.42. The van der Waals surface area contributed by atoms with Crippen LogP contribution in [0.3, 0.4) is 0 Å². The van der Waals surface area contributed by atoms with E-state index in [0.29, 0.717) is 24.1 Å². The summed E-state index contributed by atoms with van der Waals surface area (Å²) in [6.45, 7) is 0. The van der Waals surface area contributed by atoms with Gasteiger partial charge in [-0.3, -0.25) is 9.59 Å². The van der Waals surface area contributed by atoms with E-state index in [-0.39, 0.29) is 11.8 Å². The van der Waals surface area contributed by atoms with Crippen molar-refractivity contribution in [3.8, 4) is 0 Å². The van der Waals surface area contributed by atoms with Gasteiger partial charge in [0.2, 0.25) is 5.91 Å². The maximum absolute atomic E-state index is 12.0. The average molecular weight is 375 g/mol. The minimum absolute atomic E-state index is 0.0448. The van der Waals surface area contributed by atoms with Gasteiger partial charge < -0.3 is 10.2 Å². The Labute approximate surface area is 144 Å². The van der Waals surface area contributed by atoms with Crippen molar-refractivity contribution in [2.24, 2.45) is 0 Å². The monoisotopic (exact) mass is 374 g/mol. The molecule has 0 aromatic heterocycles. The van der Waals surface area contributed by atoms with E-state index < -0.39 is 0 Å². The second kappa shape index (κ2) is 7.92. The van der Waals surface area contributed by atoms with Gasteiger partial charge in [0, 0.05) is 36.2 Å². The van der Waals surface area contributed by atoms with Crippen LogP contribution in [0.4, 0.5) is 5.69 Å². The Balaban J connectivity index is 1.89. The largest absolute Gasteiger partial charge is 0.345 e. The van der Waals surface area contributed by atoms with E-state index in [0.717, 1.165) is 10.0 Å². The third-order valence-corrected chi connectivity index (χ3v) is 3.84. The second-order valence-corrected chi connectivity index (χ2v) is 6.37. The lowest BCUT2D eigenvalue weighted by atomic mass is 10.1. The summed E-state index contributed by atoms with van der Waals surface area (Å²) in [4.78, 5) is 25.3. The van der Waals surface area contributed by atoms with Gasteiger partial charge in [-0.25, -0.2) is 0 Å². The molecule has 0 spiro atoms. The number of aryl methyl sites for hydroxylation is 1. The number of amides is 2. The number of carbonyl (C=O) groups excluding carboxylic acids is 2. The minimum Gasteiger partial charge on any atom is -0.345 e. The first kappa shape index (κ1) is 17.2. The van der Waals surface area contributed by atoms with E-state index >= 15 is 0 Å². The normalized spacial score (nSPS) is 10.2. The zero-order chi connectivity index (χ0) is 16.8. The Hall–Kier alpha value is -2.14. The van der Waals surface area contributed by atoms with Gasteiger partial charge >= 0.3 is 0 Å². The summed E-state index contributed by atoms with van der Waals surface area (Å²) in [5.41, 5.74) is 2.41. The highest BCUT2D eigenvalue weighted by atomic mass is 79.9. The highest BCUT2D eigenvalue weighted by molar-refractivity contribution is 9.10. The molecule has 0 saturated carbocycles. The zero-order valence-electron chi connectivity index (χ0n) is 13.2. The second-order valence-electron chi connectivity index (χ2n) is 5.46. The van der Waals surface area contributed by atoms with Crippen molar-refractivity contribution in [1.82, 2.24) is 4.90 Å². The maximum atomic E-state index is 12.0. The van der Waals surface area contributed by atoms with Gasteiger partial charge in [0.15, 0.2) is 0 Å². The Bertz CT molecular complexity index is 696. The Kier molecular flexibility index (Phi) is 5.93. The highest BCUT2D eigenvalue weighted by Crippen LogP contribution is 2.14. The molecule has 0 saturated heterocycles. The van der Waals surface area contributed by atoms with E-state index in [1.165, 1.54) is 4.90 Å². The lowest BCUT2D eigenvalue weighted by molar-refractivity contribution is -0.116. The smallest absolute Gasteiger partial charge is 0.253 e. The SMILES string of the molecule is CN(C)C(=O)c1ccc(NC(=O)CCc2cccc(Br)c2)cc1. The number of carbonyl (C=O) groups is 2. The van der Waals surface area contributed by atoms with Gasteiger partial charge in [0.1, 0.15) is 0 Å². The van der Waals surface area contributed by atoms with E-state index in [9.17, 15) is 9.59 Å². The van der Waals surface area contributed by atoms with Crippen LogP contribution in [0.25, 0.3) is 0 Å². The molecular weight excluding hydrogens is 356 g/mol. The summed E-state index contributed by atoms with van der Waals surface area (Å²) in [5.74, 6) is -0.103. The third kappa shape index (κ3) is 5.21. The molecular formula is C18H19BrN2O2. The van der Waals surface area contributed by atoms with Crippen LogP contribution in [-0.4, -0.2) is 30.8 Å². The van der Waals surface area contributed by atoms with Gasteiger partial charge in [0.25, 0.3) is 5.91 Å². The van der Waals surface area contributed by atoms with Crippen molar-refractivity contribution in [3.63, 3.8) is 0 Å². The molecule has 2 aromatic rings. The van der Waals surface area contributed by atoms with Crippen molar-refractivity contribution in [1.29, 1.82) is 0 Å². The Morgan fingerprint density at radius 3 is 2.39 bits per heavy atom. The van der Waals surface area contributed by atoms with Gasteiger partial charge in [-0.15, -0.1) is 0 Å². The fourth-order valence-electron chi connectivity index (χ4n) is 2.13. The van der Waals surface area contributed by atoms with E-state index in [4.69, 9.17) is 0 Å². The van der Waals surface area contributed by atoms with Crippen LogP contribution in [0.15, 0.2) is 53.0 Å². The topological polar surface area (TPSA) is 49.4 Å². The molecule has 0 aliphatic carbocycles. The third-order valence-electron chi connectivity index (χ3n) is 3.35. The number of halogens is 1. The van der Waals surface area contributed by atoms with Crippen molar-refractivity contribution < 1.29 is 9.59 Å². The molecule has 23 heavy (non-hydrogen) atoms. The molecule has 0 bridgehead atoms. The maximum Gasteiger partial charge on any atom is 0.253 e. The van der Waals surface area contributed by atoms with Gasteiger partial charge in [-0.1, -0.05) is 28.1 Å². The highest BCUT2D eigenvalue weighted by Gasteiger charge is 2.08. The first-order valence-electron chi connectivity index (χ1n) is 7.32. The average Bonchev–Trinajstić information content (AvgIpc) is 2.53. The number of anilines is 1. The molecule has 0 aliphatic heterocycles. The molecule has 0 unspecified atom stereocenters. The number of rotatable bonds is 5. The Morgan fingerprint density at radius 2 is 1.78 bits per heavy atom. The molecule has 120 valence electrons. The molecule has 1 N–H and O–H groups in total. The minimum atomic E-state index is -0.0578. The summed E-state index contributed by atoms with van der Waals surface area (Å²) in [6, 6.07) is 14.8. The molecule has 0 heterocycles. The predicted octanol–water partition coefficient (Wildman–Crippen LogP) is 3.72. The molecule has 2 rings (SSSR count). The van der Waals surface area contributed by atoms with E-state index in [2.05, 4.69) is 21.2 Å².